The monoisotopic (exact) mass is 434 g/mol. The number of hydrogen-bond acceptors (Lipinski definition) is 6. The van der Waals surface area contributed by atoms with Gasteiger partial charge in [-0.15, -0.1) is 0 Å². The fourth-order valence-electron chi connectivity index (χ4n) is 4.35. The normalized spacial score (nSPS) is 17.8. The molecule has 1 saturated carbocycles. The molecule has 32 heavy (non-hydrogen) atoms. The molecule has 1 aliphatic carbocycles. The van der Waals surface area contributed by atoms with Crippen molar-refractivity contribution in [3.8, 4) is 0 Å². The predicted molar refractivity (Wildman–Crippen MR) is 122 cm³/mol. The zero-order valence-electron chi connectivity index (χ0n) is 18.7. The van der Waals surface area contributed by atoms with E-state index in [4.69, 9.17) is 10.1 Å². The number of aromatic nitrogens is 3. The van der Waals surface area contributed by atoms with Gasteiger partial charge in [-0.2, -0.15) is 9.61 Å². The van der Waals surface area contributed by atoms with Gasteiger partial charge in [-0.3, -0.25) is 4.79 Å². The van der Waals surface area contributed by atoms with Gasteiger partial charge in [-0.1, -0.05) is 24.3 Å². The van der Waals surface area contributed by atoms with Crippen LogP contribution in [0.2, 0.25) is 0 Å². The van der Waals surface area contributed by atoms with Crippen molar-refractivity contribution in [3.05, 3.63) is 58.9 Å². The lowest BCUT2D eigenvalue weighted by atomic mass is 9.96. The van der Waals surface area contributed by atoms with Gasteiger partial charge in [0.1, 0.15) is 5.82 Å². The molecule has 2 aliphatic rings. The Bertz CT molecular complexity index is 1130. The summed E-state index contributed by atoms with van der Waals surface area (Å²) in [5, 5.41) is 24.9. The summed E-state index contributed by atoms with van der Waals surface area (Å²) in [7, 11) is 0. The minimum Gasteiger partial charge on any atom is -0.393 e. The SMILES string of the molecule is CC(C)(O)c1ccc(C(=O)Cc2cc(N3CCC(O)CC3)n3nc(C4CC4)cc3n2)cc1. The van der Waals surface area contributed by atoms with E-state index in [1.165, 1.54) is 12.8 Å². The Morgan fingerprint density at radius 3 is 2.41 bits per heavy atom. The van der Waals surface area contributed by atoms with Gasteiger partial charge in [0, 0.05) is 36.7 Å². The lowest BCUT2D eigenvalue weighted by molar-refractivity contribution is 0.0784. The van der Waals surface area contributed by atoms with Gasteiger partial charge in [0.15, 0.2) is 11.4 Å². The summed E-state index contributed by atoms with van der Waals surface area (Å²) in [5.41, 5.74) is 3.01. The number of nitrogens with zero attached hydrogens (tertiary/aromatic N) is 4. The number of fused-ring (bicyclic) bond motifs is 1. The second kappa shape index (κ2) is 7.98. The molecular weight excluding hydrogens is 404 g/mol. The second-order valence-corrected chi connectivity index (χ2v) is 9.67. The van der Waals surface area contributed by atoms with Gasteiger partial charge in [0.05, 0.1) is 29.5 Å². The highest BCUT2D eigenvalue weighted by atomic mass is 16.3. The molecule has 5 rings (SSSR count). The van der Waals surface area contributed by atoms with Crippen molar-refractivity contribution < 1.29 is 15.0 Å². The van der Waals surface area contributed by atoms with Crippen LogP contribution in [-0.4, -0.2) is 49.8 Å². The molecule has 168 valence electrons. The Labute approximate surface area is 187 Å². The van der Waals surface area contributed by atoms with Crippen molar-refractivity contribution in [2.75, 3.05) is 18.0 Å². The minimum absolute atomic E-state index is 0.00825. The molecular formula is C25H30N4O3. The van der Waals surface area contributed by atoms with Crippen LogP contribution in [0.1, 0.15) is 72.8 Å². The molecule has 7 heteroatoms. The molecule has 7 nitrogen and oxygen atoms in total. The maximum atomic E-state index is 13.0. The number of Topliss-reactive ketones (excluding diaryl/α,β-unsaturated/α-hetero) is 1. The number of hydrogen-bond donors (Lipinski definition) is 2. The Morgan fingerprint density at radius 1 is 1.09 bits per heavy atom. The molecule has 0 bridgehead atoms. The lowest BCUT2D eigenvalue weighted by Gasteiger charge is -2.31. The first-order chi connectivity index (χ1) is 15.3. The maximum Gasteiger partial charge on any atom is 0.168 e. The van der Waals surface area contributed by atoms with E-state index in [0.717, 1.165) is 54.3 Å². The quantitative estimate of drug-likeness (QED) is 0.579. The smallest absolute Gasteiger partial charge is 0.168 e. The Balaban J connectivity index is 1.45. The fraction of sp³-hybridized carbons (Fsp3) is 0.480. The van der Waals surface area contributed by atoms with Crippen LogP contribution in [0.4, 0.5) is 5.82 Å². The highest BCUT2D eigenvalue weighted by molar-refractivity contribution is 5.97. The van der Waals surface area contributed by atoms with Gasteiger partial charge in [-0.05, 0) is 45.1 Å². The zero-order valence-corrected chi connectivity index (χ0v) is 18.7. The molecule has 1 saturated heterocycles. The molecule has 2 aromatic heterocycles. The van der Waals surface area contributed by atoms with Gasteiger partial charge in [0.25, 0.3) is 0 Å². The van der Waals surface area contributed by atoms with E-state index < -0.39 is 5.60 Å². The fourth-order valence-corrected chi connectivity index (χ4v) is 4.35. The summed E-state index contributed by atoms with van der Waals surface area (Å²) in [5.74, 6) is 1.45. The van der Waals surface area contributed by atoms with E-state index in [1.54, 1.807) is 38.1 Å². The molecule has 3 heterocycles. The number of carbonyl (C=O) groups is 1. The largest absolute Gasteiger partial charge is 0.393 e. The van der Waals surface area contributed by atoms with Crippen molar-refractivity contribution in [2.24, 2.45) is 0 Å². The third kappa shape index (κ3) is 4.27. The maximum absolute atomic E-state index is 13.0. The molecule has 0 spiro atoms. The van der Waals surface area contributed by atoms with Crippen molar-refractivity contribution in [2.45, 2.75) is 63.6 Å². The first-order valence-corrected chi connectivity index (χ1v) is 11.5. The van der Waals surface area contributed by atoms with Crippen LogP contribution in [0.15, 0.2) is 36.4 Å². The van der Waals surface area contributed by atoms with Crippen molar-refractivity contribution in [3.63, 3.8) is 0 Å². The van der Waals surface area contributed by atoms with Crippen molar-refractivity contribution >= 4 is 17.2 Å². The highest BCUT2D eigenvalue weighted by Crippen LogP contribution is 2.40. The van der Waals surface area contributed by atoms with Crippen LogP contribution in [0.25, 0.3) is 5.65 Å². The van der Waals surface area contributed by atoms with Gasteiger partial charge in [0.2, 0.25) is 0 Å². The molecule has 1 aliphatic heterocycles. The summed E-state index contributed by atoms with van der Waals surface area (Å²) >= 11 is 0. The number of anilines is 1. The van der Waals surface area contributed by atoms with E-state index in [2.05, 4.69) is 4.90 Å². The molecule has 1 aromatic carbocycles. The van der Waals surface area contributed by atoms with E-state index in [0.29, 0.717) is 11.5 Å². The van der Waals surface area contributed by atoms with Gasteiger partial charge in [-0.25, -0.2) is 4.98 Å². The molecule has 2 N–H and O–H groups in total. The summed E-state index contributed by atoms with van der Waals surface area (Å²) in [4.78, 5) is 20.0. The molecule has 3 aromatic rings. The summed E-state index contributed by atoms with van der Waals surface area (Å²) in [6.07, 6.45) is 3.73. The Kier molecular flexibility index (Phi) is 5.26. The van der Waals surface area contributed by atoms with Crippen molar-refractivity contribution in [1.82, 2.24) is 14.6 Å². The average Bonchev–Trinajstić information content (AvgIpc) is 3.52. The van der Waals surface area contributed by atoms with Crippen LogP contribution in [0.5, 0.6) is 0 Å². The topological polar surface area (TPSA) is 91.0 Å². The highest BCUT2D eigenvalue weighted by Gasteiger charge is 2.28. The number of benzene rings is 1. The number of carbonyl (C=O) groups excluding carboxylic acids is 1. The summed E-state index contributed by atoms with van der Waals surface area (Å²) in [6, 6.07) is 11.2. The first kappa shape index (κ1) is 21.1. The van der Waals surface area contributed by atoms with Gasteiger partial charge >= 0.3 is 0 Å². The first-order valence-electron chi connectivity index (χ1n) is 11.5. The van der Waals surface area contributed by atoms with Gasteiger partial charge < -0.3 is 15.1 Å². The summed E-state index contributed by atoms with van der Waals surface area (Å²) < 4.78 is 1.90. The van der Waals surface area contributed by atoms with Crippen LogP contribution < -0.4 is 4.90 Å². The number of ketones is 1. The van der Waals surface area contributed by atoms with E-state index in [9.17, 15) is 15.0 Å². The molecule has 0 radical (unpaired) electrons. The van der Waals surface area contributed by atoms with E-state index in [1.807, 2.05) is 16.6 Å². The van der Waals surface area contributed by atoms with E-state index in [-0.39, 0.29) is 18.3 Å². The third-order valence-electron chi connectivity index (χ3n) is 6.52. The lowest BCUT2D eigenvalue weighted by Crippen LogP contribution is -2.37. The Morgan fingerprint density at radius 2 is 1.78 bits per heavy atom. The number of aliphatic hydroxyl groups excluding tert-OH is 1. The number of aliphatic hydroxyl groups is 2. The van der Waals surface area contributed by atoms with Crippen LogP contribution in [0, 0.1) is 0 Å². The standard InChI is InChI=1S/C25H30N4O3/c1-25(2,32)18-7-5-17(6-8-18)22(31)13-19-14-24(28-11-9-20(30)10-12-28)29-23(26-19)15-21(27-29)16-3-4-16/h5-8,14-16,20,30,32H,3-4,9-13H2,1-2H3. The number of rotatable bonds is 6. The van der Waals surface area contributed by atoms with E-state index >= 15 is 0 Å². The molecule has 2 fully saturated rings. The third-order valence-corrected chi connectivity index (χ3v) is 6.52. The molecule has 0 atom stereocenters. The van der Waals surface area contributed by atoms with Crippen LogP contribution in [0.3, 0.4) is 0 Å². The minimum atomic E-state index is -0.938. The average molecular weight is 435 g/mol. The van der Waals surface area contributed by atoms with Crippen LogP contribution in [-0.2, 0) is 12.0 Å². The molecule has 0 unspecified atom stereocenters. The van der Waals surface area contributed by atoms with Crippen molar-refractivity contribution in [1.29, 1.82) is 0 Å². The van der Waals surface area contributed by atoms with Crippen LogP contribution >= 0.6 is 0 Å². The Hall–Kier alpha value is -2.77. The molecule has 0 amide bonds. The number of piperidine rings is 1. The summed E-state index contributed by atoms with van der Waals surface area (Å²) in [6.45, 7) is 4.96. The predicted octanol–water partition coefficient (Wildman–Crippen LogP) is 3.22. The zero-order chi connectivity index (χ0) is 22.5. The second-order valence-electron chi connectivity index (χ2n) is 9.67.